The van der Waals surface area contributed by atoms with E-state index >= 15 is 0 Å². The van der Waals surface area contributed by atoms with Crippen LogP contribution < -0.4 is 9.88 Å². The number of aromatic nitrogens is 1. The Bertz CT molecular complexity index is 665. The van der Waals surface area contributed by atoms with Crippen LogP contribution in [-0.2, 0) is 10.0 Å². The fraction of sp³-hybridized carbons (Fsp3) is 0.308. The van der Waals surface area contributed by atoms with Crippen molar-refractivity contribution in [2.75, 3.05) is 12.4 Å². The highest BCUT2D eigenvalue weighted by molar-refractivity contribution is 7.89. The lowest BCUT2D eigenvalue weighted by Crippen LogP contribution is -2.25. The van der Waals surface area contributed by atoms with E-state index in [-0.39, 0.29) is 18.3 Å². The van der Waals surface area contributed by atoms with Crippen molar-refractivity contribution in [2.45, 2.75) is 6.92 Å². The number of rotatable bonds is 5. The lowest BCUT2D eigenvalue weighted by molar-refractivity contribution is 0.274. The Kier molecular flexibility index (Phi) is 4.01. The minimum absolute atomic E-state index is 0.0921. The number of benzene rings is 1. The van der Waals surface area contributed by atoms with Crippen molar-refractivity contribution in [3.63, 3.8) is 0 Å². The molecule has 1 heterocycles. The van der Waals surface area contributed by atoms with Crippen LogP contribution >= 0.6 is 0 Å². The topological polar surface area (TPSA) is 82.3 Å². The number of nitrogens with two attached hydrogens (primary N) is 1. The molecule has 2 rings (SSSR count). The first-order valence-corrected chi connectivity index (χ1v) is 7.64. The summed E-state index contributed by atoms with van der Waals surface area (Å²) in [4.78, 5) is 4.27. The average molecular weight is 280 g/mol. The van der Waals surface area contributed by atoms with E-state index in [2.05, 4.69) is 4.98 Å². The van der Waals surface area contributed by atoms with Gasteiger partial charge in [0.15, 0.2) is 0 Å². The van der Waals surface area contributed by atoms with Crippen LogP contribution in [0, 0.1) is 5.92 Å². The van der Waals surface area contributed by atoms with Crippen molar-refractivity contribution in [2.24, 2.45) is 11.1 Å². The Morgan fingerprint density at radius 3 is 2.79 bits per heavy atom. The predicted octanol–water partition coefficient (Wildman–Crippen LogP) is 1.54. The summed E-state index contributed by atoms with van der Waals surface area (Å²) in [6, 6.07) is 9.45. The number of nitrogens with zero attached hydrogens (tertiary/aromatic N) is 1. The predicted molar refractivity (Wildman–Crippen MR) is 74.4 cm³/mol. The minimum Gasteiger partial charge on any atom is -0.491 e. The monoisotopic (exact) mass is 280 g/mol. The number of ether oxygens (including phenoxy) is 1. The summed E-state index contributed by atoms with van der Waals surface area (Å²) < 4.78 is 27.6. The molecule has 0 saturated carbocycles. The normalized spacial score (nSPS) is 13.4. The van der Waals surface area contributed by atoms with Gasteiger partial charge >= 0.3 is 0 Å². The van der Waals surface area contributed by atoms with Crippen molar-refractivity contribution < 1.29 is 13.2 Å². The molecule has 1 aromatic carbocycles. The molecule has 6 heteroatoms. The van der Waals surface area contributed by atoms with E-state index in [0.29, 0.717) is 5.75 Å². The van der Waals surface area contributed by atoms with E-state index in [0.717, 1.165) is 10.9 Å². The summed E-state index contributed by atoms with van der Waals surface area (Å²) in [7, 11) is -3.47. The Balaban J connectivity index is 2.10. The van der Waals surface area contributed by atoms with Gasteiger partial charge in [-0.25, -0.2) is 13.6 Å². The van der Waals surface area contributed by atoms with Gasteiger partial charge in [-0.1, -0.05) is 25.1 Å². The first kappa shape index (κ1) is 13.8. The quantitative estimate of drug-likeness (QED) is 0.900. The smallest absolute Gasteiger partial charge is 0.209 e. The molecule has 0 aliphatic carbocycles. The van der Waals surface area contributed by atoms with Crippen LogP contribution in [0.2, 0.25) is 0 Å². The second-order valence-electron chi connectivity index (χ2n) is 4.58. The average Bonchev–Trinajstić information content (AvgIpc) is 2.34. The molecule has 0 fully saturated rings. The Morgan fingerprint density at radius 1 is 1.32 bits per heavy atom. The third kappa shape index (κ3) is 3.90. The van der Waals surface area contributed by atoms with Crippen LogP contribution in [0.3, 0.4) is 0 Å². The molecule has 0 amide bonds. The van der Waals surface area contributed by atoms with Crippen molar-refractivity contribution in [1.29, 1.82) is 0 Å². The second kappa shape index (κ2) is 5.54. The summed E-state index contributed by atoms with van der Waals surface area (Å²) in [5.41, 5.74) is 0.771. The molecule has 0 radical (unpaired) electrons. The zero-order chi connectivity index (χ0) is 13.9. The van der Waals surface area contributed by atoms with Gasteiger partial charge in [0.25, 0.3) is 0 Å². The molecular weight excluding hydrogens is 264 g/mol. The number of para-hydroxylation sites is 1. The Morgan fingerprint density at radius 2 is 2.05 bits per heavy atom. The zero-order valence-corrected chi connectivity index (χ0v) is 11.4. The third-order valence-corrected chi connectivity index (χ3v) is 3.67. The molecule has 2 N–H and O–H groups in total. The fourth-order valence-corrected chi connectivity index (χ4v) is 2.76. The van der Waals surface area contributed by atoms with E-state index in [4.69, 9.17) is 9.88 Å². The summed E-state index contributed by atoms with van der Waals surface area (Å²) in [6.07, 6.45) is 1.70. The molecule has 0 saturated heterocycles. The van der Waals surface area contributed by atoms with E-state index < -0.39 is 10.0 Å². The summed E-state index contributed by atoms with van der Waals surface area (Å²) in [6.45, 7) is 2.06. The van der Waals surface area contributed by atoms with E-state index in [1.54, 1.807) is 13.1 Å². The Hall–Kier alpha value is -1.66. The van der Waals surface area contributed by atoms with Crippen LogP contribution in [0.5, 0.6) is 5.75 Å². The van der Waals surface area contributed by atoms with E-state index in [9.17, 15) is 8.42 Å². The van der Waals surface area contributed by atoms with Crippen LogP contribution in [0.4, 0.5) is 0 Å². The van der Waals surface area contributed by atoms with Crippen LogP contribution in [0.25, 0.3) is 10.9 Å². The SMILES string of the molecule is CC(COc1cccc2cccnc12)CS(N)(=O)=O. The fourth-order valence-electron chi connectivity index (χ4n) is 1.87. The van der Waals surface area contributed by atoms with Gasteiger partial charge in [0, 0.05) is 17.5 Å². The van der Waals surface area contributed by atoms with E-state index in [1.165, 1.54) is 0 Å². The van der Waals surface area contributed by atoms with Gasteiger partial charge in [-0.2, -0.15) is 0 Å². The molecule has 1 unspecified atom stereocenters. The maximum Gasteiger partial charge on any atom is 0.209 e. The summed E-state index contributed by atoms with van der Waals surface area (Å²) in [5, 5.41) is 5.99. The molecule has 5 nitrogen and oxygen atoms in total. The number of pyridine rings is 1. The summed E-state index contributed by atoms with van der Waals surface area (Å²) in [5.74, 6) is 0.388. The third-order valence-electron chi connectivity index (χ3n) is 2.64. The lowest BCUT2D eigenvalue weighted by atomic mass is 10.2. The summed E-state index contributed by atoms with van der Waals surface area (Å²) >= 11 is 0. The van der Waals surface area contributed by atoms with Gasteiger partial charge < -0.3 is 4.74 Å². The maximum atomic E-state index is 11.0. The van der Waals surface area contributed by atoms with Gasteiger partial charge in [-0.3, -0.25) is 4.98 Å². The highest BCUT2D eigenvalue weighted by Gasteiger charge is 2.12. The van der Waals surface area contributed by atoms with Gasteiger partial charge in [0.2, 0.25) is 10.0 Å². The largest absolute Gasteiger partial charge is 0.491 e. The molecule has 2 aromatic rings. The highest BCUT2D eigenvalue weighted by atomic mass is 32.2. The number of primary sulfonamides is 1. The maximum absolute atomic E-state index is 11.0. The van der Waals surface area contributed by atoms with Crippen molar-refractivity contribution in [3.8, 4) is 5.75 Å². The highest BCUT2D eigenvalue weighted by Crippen LogP contribution is 2.23. The van der Waals surface area contributed by atoms with Crippen molar-refractivity contribution in [3.05, 3.63) is 36.5 Å². The number of sulfonamides is 1. The van der Waals surface area contributed by atoms with Crippen LogP contribution in [-0.4, -0.2) is 25.8 Å². The van der Waals surface area contributed by atoms with Gasteiger partial charge in [0.1, 0.15) is 11.3 Å². The van der Waals surface area contributed by atoms with Gasteiger partial charge in [0.05, 0.1) is 12.4 Å². The van der Waals surface area contributed by atoms with Crippen LogP contribution in [0.1, 0.15) is 6.92 Å². The minimum atomic E-state index is -3.47. The molecule has 0 spiro atoms. The molecule has 0 bridgehead atoms. The van der Waals surface area contributed by atoms with Crippen molar-refractivity contribution in [1.82, 2.24) is 4.98 Å². The molecule has 0 aliphatic heterocycles. The second-order valence-corrected chi connectivity index (χ2v) is 6.24. The standard InChI is InChI=1S/C13H16N2O3S/c1-10(9-19(14,16)17)8-18-12-6-2-4-11-5-3-7-15-13(11)12/h2-7,10H,8-9H2,1H3,(H2,14,16,17). The first-order valence-electron chi connectivity index (χ1n) is 5.93. The zero-order valence-electron chi connectivity index (χ0n) is 10.6. The molecular formula is C13H16N2O3S. The number of hydrogen-bond acceptors (Lipinski definition) is 4. The lowest BCUT2D eigenvalue weighted by Gasteiger charge is -2.13. The number of hydrogen-bond donors (Lipinski definition) is 1. The molecule has 102 valence electrons. The number of fused-ring (bicyclic) bond motifs is 1. The van der Waals surface area contributed by atoms with Crippen molar-refractivity contribution >= 4 is 20.9 Å². The molecule has 1 aromatic heterocycles. The molecule has 0 aliphatic rings. The van der Waals surface area contributed by atoms with Crippen LogP contribution in [0.15, 0.2) is 36.5 Å². The first-order chi connectivity index (χ1) is 8.96. The molecule has 1 atom stereocenters. The van der Waals surface area contributed by atoms with Gasteiger partial charge in [-0.15, -0.1) is 0 Å². The van der Waals surface area contributed by atoms with Gasteiger partial charge in [-0.05, 0) is 12.1 Å². The molecule has 19 heavy (non-hydrogen) atoms. The van der Waals surface area contributed by atoms with E-state index in [1.807, 2.05) is 30.3 Å². The Labute approximate surface area is 112 Å².